The fourth-order valence-corrected chi connectivity index (χ4v) is 3.52. The van der Waals surface area contributed by atoms with Gasteiger partial charge in [-0.05, 0) is 45.0 Å². The summed E-state index contributed by atoms with van der Waals surface area (Å²) in [6.07, 6.45) is 6.87. The molecule has 0 aliphatic heterocycles. The maximum atomic E-state index is 4.87. The van der Waals surface area contributed by atoms with Gasteiger partial charge in [-0.25, -0.2) is 4.98 Å². The molecule has 2 N–H and O–H groups in total. The van der Waals surface area contributed by atoms with Crippen molar-refractivity contribution in [3.05, 3.63) is 53.7 Å². The van der Waals surface area contributed by atoms with Crippen LogP contribution in [0.1, 0.15) is 56.6 Å². The van der Waals surface area contributed by atoms with Crippen LogP contribution in [-0.2, 0) is 6.54 Å². The van der Waals surface area contributed by atoms with Crippen molar-refractivity contribution in [2.45, 2.75) is 52.0 Å². The zero-order valence-corrected chi connectivity index (χ0v) is 18.9. The molecule has 0 saturated heterocycles. The van der Waals surface area contributed by atoms with Crippen LogP contribution in [0, 0.1) is 0 Å². The molecule has 0 spiro atoms. The van der Waals surface area contributed by atoms with Crippen LogP contribution in [0.4, 0.5) is 11.6 Å². The lowest BCUT2D eigenvalue weighted by atomic mass is 10.1. The minimum atomic E-state index is 0.379. The zero-order valence-electron chi connectivity index (χ0n) is 18.9. The van der Waals surface area contributed by atoms with E-state index in [2.05, 4.69) is 78.9 Å². The Labute approximate surface area is 180 Å². The van der Waals surface area contributed by atoms with Crippen LogP contribution in [0.5, 0.6) is 0 Å². The standard InChI is InChI=1S/C24H36N6/c1-19(2)21-18-27-30-23(26-17-20-12-8-7-9-13-20)16-22(28-24(21)30)25-14-10-5-6-11-15-29(3)4/h7-9,12-13,16,18-19,26H,5-6,10-11,14-15,17H2,1-4H3,(H,25,28). The number of nitrogens with one attached hydrogen (secondary N) is 2. The monoisotopic (exact) mass is 408 g/mol. The molecule has 0 bridgehead atoms. The molecule has 0 amide bonds. The summed E-state index contributed by atoms with van der Waals surface area (Å²) in [6, 6.07) is 12.5. The number of hydrogen-bond donors (Lipinski definition) is 2. The highest BCUT2D eigenvalue weighted by Gasteiger charge is 2.14. The SMILES string of the molecule is CC(C)c1cnn2c(NCc3ccccc3)cc(NCCCCCCN(C)C)nc12. The molecule has 0 aliphatic rings. The quantitative estimate of drug-likeness (QED) is 0.413. The van der Waals surface area contributed by atoms with E-state index < -0.39 is 0 Å². The first-order chi connectivity index (χ1) is 14.5. The van der Waals surface area contributed by atoms with Gasteiger partial charge in [0.05, 0.1) is 6.20 Å². The molecule has 0 aliphatic carbocycles. The second-order valence-corrected chi connectivity index (χ2v) is 8.50. The van der Waals surface area contributed by atoms with Gasteiger partial charge >= 0.3 is 0 Å². The van der Waals surface area contributed by atoms with E-state index in [1.165, 1.54) is 36.9 Å². The molecule has 6 heteroatoms. The largest absolute Gasteiger partial charge is 0.370 e. The predicted octanol–water partition coefficient (Wildman–Crippen LogP) is 5.00. The molecule has 3 aromatic rings. The smallest absolute Gasteiger partial charge is 0.163 e. The summed E-state index contributed by atoms with van der Waals surface area (Å²) in [5, 5.41) is 11.7. The van der Waals surface area contributed by atoms with Crippen LogP contribution in [-0.4, -0.2) is 46.7 Å². The number of aromatic nitrogens is 3. The Kier molecular flexibility index (Phi) is 8.08. The molecule has 0 saturated carbocycles. The third-order valence-corrected chi connectivity index (χ3v) is 5.28. The Morgan fingerprint density at radius 1 is 1.00 bits per heavy atom. The molecule has 162 valence electrons. The Morgan fingerprint density at radius 3 is 2.50 bits per heavy atom. The van der Waals surface area contributed by atoms with Crippen LogP contribution < -0.4 is 10.6 Å². The summed E-state index contributed by atoms with van der Waals surface area (Å²) >= 11 is 0. The first kappa shape index (κ1) is 22.1. The second kappa shape index (κ2) is 11.0. The van der Waals surface area contributed by atoms with E-state index in [-0.39, 0.29) is 0 Å². The fraction of sp³-hybridized carbons (Fsp3) is 0.500. The van der Waals surface area contributed by atoms with Gasteiger partial charge in [0.1, 0.15) is 11.6 Å². The van der Waals surface area contributed by atoms with Gasteiger partial charge in [0.2, 0.25) is 0 Å². The van der Waals surface area contributed by atoms with E-state index in [1.54, 1.807) is 0 Å². The van der Waals surface area contributed by atoms with Crippen molar-refractivity contribution in [2.24, 2.45) is 0 Å². The van der Waals surface area contributed by atoms with Crippen molar-refractivity contribution < 1.29 is 0 Å². The first-order valence-electron chi connectivity index (χ1n) is 11.1. The van der Waals surface area contributed by atoms with Crippen LogP contribution in [0.25, 0.3) is 5.65 Å². The van der Waals surface area contributed by atoms with E-state index in [9.17, 15) is 0 Å². The Balaban J connectivity index is 1.66. The zero-order chi connectivity index (χ0) is 21.3. The van der Waals surface area contributed by atoms with Gasteiger partial charge in [-0.15, -0.1) is 0 Å². The topological polar surface area (TPSA) is 57.5 Å². The molecule has 6 nitrogen and oxygen atoms in total. The summed E-state index contributed by atoms with van der Waals surface area (Å²) in [7, 11) is 4.27. The molecule has 30 heavy (non-hydrogen) atoms. The molecule has 3 rings (SSSR count). The minimum absolute atomic E-state index is 0.379. The van der Waals surface area contributed by atoms with E-state index in [0.717, 1.165) is 36.8 Å². The maximum Gasteiger partial charge on any atom is 0.163 e. The van der Waals surface area contributed by atoms with Crippen molar-refractivity contribution in [3.8, 4) is 0 Å². The molecule has 0 fully saturated rings. The molecule has 0 radical (unpaired) electrons. The van der Waals surface area contributed by atoms with Crippen molar-refractivity contribution in [1.29, 1.82) is 0 Å². The highest BCUT2D eigenvalue weighted by Crippen LogP contribution is 2.24. The Bertz CT molecular complexity index is 901. The summed E-state index contributed by atoms with van der Waals surface area (Å²) in [5.41, 5.74) is 3.34. The van der Waals surface area contributed by atoms with E-state index in [0.29, 0.717) is 5.92 Å². The van der Waals surface area contributed by atoms with Crippen LogP contribution in [0.15, 0.2) is 42.6 Å². The number of nitrogens with zero attached hydrogens (tertiary/aromatic N) is 4. The van der Waals surface area contributed by atoms with Gasteiger partial charge in [0.15, 0.2) is 5.65 Å². The third kappa shape index (κ3) is 6.20. The normalized spacial score (nSPS) is 11.5. The van der Waals surface area contributed by atoms with Gasteiger partial charge < -0.3 is 15.5 Å². The lowest BCUT2D eigenvalue weighted by Crippen LogP contribution is -2.13. The first-order valence-corrected chi connectivity index (χ1v) is 11.1. The lowest BCUT2D eigenvalue weighted by molar-refractivity contribution is 0.391. The molecule has 0 unspecified atom stereocenters. The Morgan fingerprint density at radius 2 is 1.77 bits per heavy atom. The van der Waals surface area contributed by atoms with Crippen molar-refractivity contribution in [2.75, 3.05) is 37.8 Å². The number of anilines is 2. The van der Waals surface area contributed by atoms with Gasteiger partial charge in [-0.3, -0.25) is 0 Å². The Hall–Kier alpha value is -2.60. The van der Waals surface area contributed by atoms with Gasteiger partial charge in [-0.2, -0.15) is 9.61 Å². The maximum absolute atomic E-state index is 4.87. The fourth-order valence-electron chi connectivity index (χ4n) is 3.52. The average molecular weight is 409 g/mol. The van der Waals surface area contributed by atoms with E-state index in [1.807, 2.05) is 16.8 Å². The summed E-state index contributed by atoms with van der Waals surface area (Å²) < 4.78 is 1.92. The van der Waals surface area contributed by atoms with Crippen molar-refractivity contribution in [3.63, 3.8) is 0 Å². The third-order valence-electron chi connectivity index (χ3n) is 5.28. The lowest BCUT2D eigenvalue weighted by Gasteiger charge is -2.13. The van der Waals surface area contributed by atoms with Gasteiger partial charge in [-0.1, -0.05) is 57.0 Å². The van der Waals surface area contributed by atoms with Gasteiger partial charge in [0.25, 0.3) is 0 Å². The number of fused-ring (bicyclic) bond motifs is 1. The van der Waals surface area contributed by atoms with Gasteiger partial charge in [0, 0.05) is 24.7 Å². The minimum Gasteiger partial charge on any atom is -0.370 e. The number of hydrogen-bond acceptors (Lipinski definition) is 5. The predicted molar refractivity (Wildman–Crippen MR) is 126 cm³/mol. The molecular formula is C24H36N6. The van der Waals surface area contributed by atoms with E-state index >= 15 is 0 Å². The van der Waals surface area contributed by atoms with Crippen molar-refractivity contribution in [1.82, 2.24) is 19.5 Å². The van der Waals surface area contributed by atoms with Crippen LogP contribution in [0.2, 0.25) is 0 Å². The van der Waals surface area contributed by atoms with Crippen LogP contribution >= 0.6 is 0 Å². The molecular weight excluding hydrogens is 372 g/mol. The molecule has 2 aromatic heterocycles. The number of benzene rings is 1. The highest BCUT2D eigenvalue weighted by molar-refractivity contribution is 5.61. The van der Waals surface area contributed by atoms with Crippen molar-refractivity contribution >= 4 is 17.3 Å². The average Bonchev–Trinajstić information content (AvgIpc) is 3.16. The molecule has 0 atom stereocenters. The number of rotatable bonds is 12. The second-order valence-electron chi connectivity index (χ2n) is 8.50. The summed E-state index contributed by atoms with van der Waals surface area (Å²) in [6.45, 7) is 7.23. The highest BCUT2D eigenvalue weighted by atomic mass is 15.3. The van der Waals surface area contributed by atoms with E-state index in [4.69, 9.17) is 4.98 Å². The summed E-state index contributed by atoms with van der Waals surface area (Å²) in [4.78, 5) is 7.12. The summed E-state index contributed by atoms with van der Waals surface area (Å²) in [5.74, 6) is 2.25. The van der Waals surface area contributed by atoms with Crippen LogP contribution in [0.3, 0.4) is 0 Å². The molecule has 2 heterocycles. The molecule has 1 aromatic carbocycles. The number of unbranched alkanes of at least 4 members (excludes halogenated alkanes) is 3.